The van der Waals surface area contributed by atoms with Crippen molar-refractivity contribution in [1.29, 1.82) is 5.41 Å². The number of aryl methyl sites for hydroxylation is 1. The molecule has 0 aliphatic heterocycles. The van der Waals surface area contributed by atoms with E-state index in [4.69, 9.17) is 11.1 Å². The Morgan fingerprint density at radius 2 is 1.77 bits per heavy atom. The summed E-state index contributed by atoms with van der Waals surface area (Å²) >= 11 is 0. The second kappa shape index (κ2) is 7.10. The molecule has 8 nitrogen and oxygen atoms in total. The Labute approximate surface area is 177 Å². The summed E-state index contributed by atoms with van der Waals surface area (Å²) < 4.78 is 0. The van der Waals surface area contributed by atoms with Crippen molar-refractivity contribution in [1.82, 2.24) is 25.6 Å². The van der Waals surface area contributed by atoms with Gasteiger partial charge in [-0.3, -0.25) is 5.41 Å². The van der Waals surface area contributed by atoms with Crippen LogP contribution in [-0.2, 0) is 0 Å². The fourth-order valence-corrected chi connectivity index (χ4v) is 3.82. The second-order valence-corrected chi connectivity index (χ2v) is 7.37. The van der Waals surface area contributed by atoms with Crippen LogP contribution in [0.3, 0.4) is 0 Å². The Morgan fingerprint density at radius 3 is 2.48 bits per heavy atom. The summed E-state index contributed by atoms with van der Waals surface area (Å²) in [5, 5.41) is 34.2. The molecule has 8 heteroatoms. The smallest absolute Gasteiger partial charge is 0.204 e. The average molecular weight is 409 g/mol. The summed E-state index contributed by atoms with van der Waals surface area (Å²) in [7, 11) is 0. The van der Waals surface area contributed by atoms with E-state index in [2.05, 4.69) is 25.6 Å². The Balaban J connectivity index is 1.75. The van der Waals surface area contributed by atoms with E-state index >= 15 is 0 Å². The Bertz CT molecular complexity index is 1420. The minimum absolute atomic E-state index is 0.0236. The van der Waals surface area contributed by atoms with E-state index in [1.165, 1.54) is 0 Å². The first-order valence-electron chi connectivity index (χ1n) is 9.65. The van der Waals surface area contributed by atoms with Gasteiger partial charge in [0.1, 0.15) is 11.6 Å². The Hall–Kier alpha value is -4.46. The fraction of sp³-hybridized carbons (Fsp3) is 0.0435. The van der Waals surface area contributed by atoms with Crippen LogP contribution >= 0.6 is 0 Å². The maximum absolute atomic E-state index is 11.2. The van der Waals surface area contributed by atoms with E-state index in [0.29, 0.717) is 22.5 Å². The number of aromatic nitrogens is 5. The van der Waals surface area contributed by atoms with Gasteiger partial charge < -0.3 is 15.8 Å². The van der Waals surface area contributed by atoms with Crippen molar-refractivity contribution in [3.8, 4) is 39.5 Å². The number of aromatic hydroxyl groups is 1. The predicted molar refractivity (Wildman–Crippen MR) is 120 cm³/mol. The molecule has 0 radical (unpaired) electrons. The third-order valence-corrected chi connectivity index (χ3v) is 5.34. The number of nitrogens with one attached hydrogen (secondary N) is 3. The molecule has 5 aromatic rings. The number of phenolic OH excluding ortho intramolecular Hbond substituents is 1. The molecule has 0 amide bonds. The highest BCUT2D eigenvalue weighted by atomic mass is 16.3. The van der Waals surface area contributed by atoms with Gasteiger partial charge >= 0.3 is 0 Å². The standard InChI is InChI=1S/C23H19N7O/c1-12-7-19-14(8-16(12)22(24)25)11-20(26-19)18-10-15(23-27-29-30-28-23)9-17(21(18)31)13-5-3-2-4-6-13/h2-11,26,31H,1H3,(H3,24,25)(H,27,28,29,30). The zero-order chi connectivity index (χ0) is 21.5. The van der Waals surface area contributed by atoms with Crippen molar-refractivity contribution in [2.45, 2.75) is 6.92 Å². The van der Waals surface area contributed by atoms with Crippen LogP contribution in [0.1, 0.15) is 11.1 Å². The zero-order valence-corrected chi connectivity index (χ0v) is 16.6. The fourth-order valence-electron chi connectivity index (χ4n) is 3.82. The van der Waals surface area contributed by atoms with Gasteiger partial charge in [-0.25, -0.2) is 0 Å². The summed E-state index contributed by atoms with van der Waals surface area (Å²) in [6, 6.07) is 19.1. The number of nitrogens with two attached hydrogens (primary N) is 1. The number of hydrogen-bond donors (Lipinski definition) is 5. The maximum Gasteiger partial charge on any atom is 0.204 e. The molecule has 0 saturated heterocycles. The maximum atomic E-state index is 11.2. The molecule has 2 aromatic heterocycles. The number of benzene rings is 3. The molecule has 152 valence electrons. The molecule has 0 saturated carbocycles. The monoisotopic (exact) mass is 409 g/mol. The van der Waals surface area contributed by atoms with E-state index in [9.17, 15) is 5.11 Å². The lowest BCUT2D eigenvalue weighted by Crippen LogP contribution is -2.12. The van der Waals surface area contributed by atoms with Crippen LogP contribution in [0.4, 0.5) is 0 Å². The molecule has 0 fully saturated rings. The summed E-state index contributed by atoms with van der Waals surface area (Å²) in [6.45, 7) is 1.92. The topological polar surface area (TPSA) is 140 Å². The lowest BCUT2D eigenvalue weighted by Gasteiger charge is -2.11. The molecule has 0 unspecified atom stereocenters. The third kappa shape index (κ3) is 3.20. The largest absolute Gasteiger partial charge is 0.507 e. The summed E-state index contributed by atoms with van der Waals surface area (Å²) in [6.07, 6.45) is 0. The second-order valence-electron chi connectivity index (χ2n) is 7.37. The molecule has 0 spiro atoms. The number of nitrogen functional groups attached to an aromatic ring is 1. The van der Waals surface area contributed by atoms with Crippen molar-refractivity contribution in [3.63, 3.8) is 0 Å². The highest BCUT2D eigenvalue weighted by Gasteiger charge is 2.18. The summed E-state index contributed by atoms with van der Waals surface area (Å²) in [5.41, 5.74) is 11.8. The molecular weight excluding hydrogens is 390 g/mol. The highest BCUT2D eigenvalue weighted by molar-refractivity contribution is 6.01. The molecule has 5 rings (SSSR count). The number of H-pyrrole nitrogens is 2. The quantitative estimate of drug-likeness (QED) is 0.226. The van der Waals surface area contributed by atoms with Gasteiger partial charge in [0.05, 0.1) is 5.69 Å². The van der Waals surface area contributed by atoms with Gasteiger partial charge in [-0.05, 0) is 53.6 Å². The molecule has 2 heterocycles. The molecule has 0 aliphatic rings. The van der Waals surface area contributed by atoms with Crippen LogP contribution in [0.2, 0.25) is 0 Å². The van der Waals surface area contributed by atoms with Crippen molar-refractivity contribution in [3.05, 3.63) is 71.8 Å². The first-order chi connectivity index (χ1) is 15.0. The summed E-state index contributed by atoms with van der Waals surface area (Å²) in [4.78, 5) is 3.38. The number of rotatable bonds is 4. The lowest BCUT2D eigenvalue weighted by molar-refractivity contribution is 0.479. The van der Waals surface area contributed by atoms with Crippen LogP contribution in [0.5, 0.6) is 5.75 Å². The van der Waals surface area contributed by atoms with E-state index < -0.39 is 0 Å². The van der Waals surface area contributed by atoms with Gasteiger partial charge in [-0.2, -0.15) is 5.21 Å². The lowest BCUT2D eigenvalue weighted by atomic mass is 9.96. The number of fused-ring (bicyclic) bond motifs is 1. The zero-order valence-electron chi connectivity index (χ0n) is 16.6. The van der Waals surface area contributed by atoms with Gasteiger partial charge in [-0.15, -0.1) is 10.2 Å². The van der Waals surface area contributed by atoms with Crippen molar-refractivity contribution >= 4 is 16.7 Å². The van der Waals surface area contributed by atoms with Crippen LogP contribution in [0, 0.1) is 12.3 Å². The molecule has 6 N–H and O–H groups in total. The normalized spacial score (nSPS) is 11.1. The van der Waals surface area contributed by atoms with Crippen LogP contribution in [0.15, 0.2) is 60.7 Å². The molecule has 0 bridgehead atoms. The van der Waals surface area contributed by atoms with Crippen molar-refractivity contribution < 1.29 is 5.11 Å². The van der Waals surface area contributed by atoms with E-state index in [1.54, 1.807) is 0 Å². The van der Waals surface area contributed by atoms with Crippen LogP contribution in [0.25, 0.3) is 44.7 Å². The van der Waals surface area contributed by atoms with E-state index in [0.717, 1.165) is 33.3 Å². The number of aromatic amines is 2. The van der Waals surface area contributed by atoms with E-state index in [1.807, 2.05) is 67.6 Å². The average Bonchev–Trinajstić information content (AvgIpc) is 3.43. The van der Waals surface area contributed by atoms with Gasteiger partial charge in [0.15, 0.2) is 0 Å². The number of phenols is 1. The molecule has 0 atom stereocenters. The van der Waals surface area contributed by atoms with Gasteiger partial charge in [-0.1, -0.05) is 30.3 Å². The molecule has 0 aliphatic carbocycles. The van der Waals surface area contributed by atoms with Crippen LogP contribution < -0.4 is 5.73 Å². The van der Waals surface area contributed by atoms with E-state index in [-0.39, 0.29) is 11.6 Å². The minimum atomic E-state index is 0.0236. The number of tetrazole rings is 1. The molecule has 31 heavy (non-hydrogen) atoms. The predicted octanol–water partition coefficient (Wildman–Crippen LogP) is 3.98. The number of nitrogens with zero attached hydrogens (tertiary/aromatic N) is 3. The third-order valence-electron chi connectivity index (χ3n) is 5.34. The minimum Gasteiger partial charge on any atom is -0.507 e. The Kier molecular flexibility index (Phi) is 4.25. The van der Waals surface area contributed by atoms with Gasteiger partial charge in [0.25, 0.3) is 0 Å². The summed E-state index contributed by atoms with van der Waals surface area (Å²) in [5.74, 6) is 0.605. The van der Waals surface area contributed by atoms with Gasteiger partial charge in [0.2, 0.25) is 5.82 Å². The highest BCUT2D eigenvalue weighted by Crippen LogP contribution is 2.41. The number of amidine groups is 1. The molecule has 3 aromatic carbocycles. The SMILES string of the molecule is Cc1cc2[nH]c(-c3cc(-c4nn[nH]n4)cc(-c4ccccc4)c3O)cc2cc1C(=N)N. The number of hydrogen-bond acceptors (Lipinski definition) is 5. The van der Waals surface area contributed by atoms with Crippen LogP contribution in [-0.4, -0.2) is 36.6 Å². The Morgan fingerprint density at radius 1 is 1.00 bits per heavy atom. The molecular formula is C23H19N7O. The van der Waals surface area contributed by atoms with Crippen molar-refractivity contribution in [2.24, 2.45) is 5.73 Å². The first kappa shape index (κ1) is 18.6. The first-order valence-corrected chi connectivity index (χ1v) is 9.65. The van der Waals surface area contributed by atoms with Gasteiger partial charge in [0, 0.05) is 33.2 Å². The van der Waals surface area contributed by atoms with Crippen molar-refractivity contribution in [2.75, 3.05) is 0 Å².